The molecule has 0 radical (unpaired) electrons. The lowest BCUT2D eigenvalue weighted by Gasteiger charge is -2.33. The highest BCUT2D eigenvalue weighted by Crippen LogP contribution is 2.24. The van der Waals surface area contributed by atoms with Crippen LogP contribution in [0.5, 0.6) is 0 Å². The summed E-state index contributed by atoms with van der Waals surface area (Å²) in [5.41, 5.74) is 9.62. The smallest absolute Gasteiger partial charge is 0.329 e. The van der Waals surface area contributed by atoms with Crippen molar-refractivity contribution in [3.05, 3.63) is 46.3 Å². The van der Waals surface area contributed by atoms with Crippen LogP contribution in [0.2, 0.25) is 18.1 Å². The number of hydrogen-bond acceptors (Lipinski definition) is 5. The number of carbonyl (C=O) groups is 2. The Morgan fingerprint density at radius 1 is 1.13 bits per heavy atom. The molecule has 1 rings (SSSR count). The van der Waals surface area contributed by atoms with E-state index in [-0.39, 0.29) is 19.1 Å². The van der Waals surface area contributed by atoms with Crippen LogP contribution in [0.15, 0.2) is 35.4 Å². The SMILES string of the molecule is CC[C@H](C)[C@H](NC(=O)[C@@H](CN=[N+]=[N-])O[Si](CC)(CC)CC)C(=O)OCc1ccccc1. The highest BCUT2D eigenvalue weighted by Gasteiger charge is 2.36. The Hall–Kier alpha value is -2.35. The number of carbonyl (C=O) groups excluding carboxylic acids is 2. The largest absolute Gasteiger partial charge is 0.459 e. The Balaban J connectivity index is 2.96. The second-order valence-electron chi connectivity index (χ2n) is 7.73. The molecule has 0 spiro atoms. The first-order chi connectivity index (χ1) is 14.9. The highest BCUT2D eigenvalue weighted by atomic mass is 28.4. The van der Waals surface area contributed by atoms with Crippen molar-refractivity contribution >= 4 is 20.2 Å². The first-order valence-corrected chi connectivity index (χ1v) is 13.6. The minimum atomic E-state index is -2.13. The van der Waals surface area contributed by atoms with Gasteiger partial charge in [-0.05, 0) is 35.1 Å². The monoisotopic (exact) mass is 448 g/mol. The molecule has 1 aromatic rings. The number of azide groups is 1. The Bertz CT molecular complexity index is 728. The van der Waals surface area contributed by atoms with E-state index in [1.807, 2.05) is 44.2 Å². The van der Waals surface area contributed by atoms with Gasteiger partial charge in [0, 0.05) is 4.91 Å². The molecule has 1 aromatic carbocycles. The lowest BCUT2D eigenvalue weighted by molar-refractivity contribution is -0.151. The van der Waals surface area contributed by atoms with E-state index in [0.717, 1.165) is 23.7 Å². The van der Waals surface area contributed by atoms with Gasteiger partial charge < -0.3 is 14.5 Å². The Kier molecular flexibility index (Phi) is 11.9. The molecule has 0 fully saturated rings. The number of benzene rings is 1. The van der Waals surface area contributed by atoms with Gasteiger partial charge in [-0.3, -0.25) is 4.79 Å². The molecule has 31 heavy (non-hydrogen) atoms. The van der Waals surface area contributed by atoms with Crippen molar-refractivity contribution in [2.75, 3.05) is 6.54 Å². The standard InChI is InChI=1S/C22H36N4O4Si/c1-6-17(5)20(22(28)29-16-18-13-11-10-12-14-18)25-21(27)19(15-24-26-23)30-31(7-2,8-3)9-4/h10-14,17,19-20H,6-9,15-16H2,1-5H3,(H,25,27)/t17-,19+,20-/m0/s1. The first kappa shape index (κ1) is 26.7. The van der Waals surface area contributed by atoms with E-state index >= 15 is 0 Å². The number of esters is 1. The maximum Gasteiger partial charge on any atom is 0.329 e. The van der Waals surface area contributed by atoms with Crippen LogP contribution in [0, 0.1) is 5.92 Å². The topological polar surface area (TPSA) is 113 Å². The van der Waals surface area contributed by atoms with Gasteiger partial charge in [-0.2, -0.15) is 0 Å². The molecule has 1 amide bonds. The van der Waals surface area contributed by atoms with Crippen LogP contribution < -0.4 is 5.32 Å². The number of nitrogens with zero attached hydrogens (tertiary/aromatic N) is 3. The van der Waals surface area contributed by atoms with Crippen LogP contribution in [0.25, 0.3) is 10.4 Å². The number of rotatable bonds is 14. The molecule has 9 heteroatoms. The van der Waals surface area contributed by atoms with E-state index in [4.69, 9.17) is 14.7 Å². The number of amides is 1. The van der Waals surface area contributed by atoms with Crippen molar-refractivity contribution < 1.29 is 18.8 Å². The van der Waals surface area contributed by atoms with Crippen molar-refractivity contribution in [1.29, 1.82) is 0 Å². The molecule has 0 bridgehead atoms. The number of ether oxygens (including phenoxy) is 1. The van der Waals surface area contributed by atoms with Crippen molar-refractivity contribution in [2.24, 2.45) is 11.0 Å². The van der Waals surface area contributed by atoms with Gasteiger partial charge in [0.2, 0.25) is 5.91 Å². The molecule has 8 nitrogen and oxygen atoms in total. The van der Waals surface area contributed by atoms with Gasteiger partial charge >= 0.3 is 5.97 Å². The van der Waals surface area contributed by atoms with Crippen LogP contribution in [0.3, 0.4) is 0 Å². The zero-order valence-electron chi connectivity index (χ0n) is 19.3. The van der Waals surface area contributed by atoms with Crippen LogP contribution in [-0.4, -0.2) is 38.9 Å². The van der Waals surface area contributed by atoms with Crippen molar-refractivity contribution in [2.45, 2.75) is 77.9 Å². The summed E-state index contributed by atoms with van der Waals surface area (Å²) in [6.07, 6.45) is -0.235. The van der Waals surface area contributed by atoms with Gasteiger partial charge in [0.25, 0.3) is 0 Å². The van der Waals surface area contributed by atoms with E-state index in [1.54, 1.807) is 0 Å². The van der Waals surface area contributed by atoms with Crippen LogP contribution in [-0.2, 0) is 25.4 Å². The molecule has 0 saturated heterocycles. The summed E-state index contributed by atoms with van der Waals surface area (Å²) < 4.78 is 11.8. The van der Waals surface area contributed by atoms with Crippen molar-refractivity contribution in [3.8, 4) is 0 Å². The van der Waals surface area contributed by atoms with E-state index < -0.39 is 32.3 Å². The molecule has 0 aromatic heterocycles. The van der Waals surface area contributed by atoms with Crippen molar-refractivity contribution in [1.82, 2.24) is 5.32 Å². The zero-order valence-corrected chi connectivity index (χ0v) is 20.3. The predicted octanol–water partition coefficient (Wildman–Crippen LogP) is 4.96. The Morgan fingerprint density at radius 2 is 1.74 bits per heavy atom. The molecular formula is C22H36N4O4Si. The fraction of sp³-hybridized carbons (Fsp3) is 0.636. The lowest BCUT2D eigenvalue weighted by Crippen LogP contribution is -2.53. The fourth-order valence-electron chi connectivity index (χ4n) is 3.32. The molecule has 0 saturated carbocycles. The number of hydrogen-bond donors (Lipinski definition) is 1. The van der Waals surface area contributed by atoms with Gasteiger partial charge in [-0.15, -0.1) is 0 Å². The molecule has 0 aliphatic heterocycles. The average Bonchev–Trinajstić information content (AvgIpc) is 2.81. The van der Waals surface area contributed by atoms with Crippen LogP contribution in [0.4, 0.5) is 0 Å². The second kappa shape index (κ2) is 13.9. The van der Waals surface area contributed by atoms with Gasteiger partial charge in [0.05, 0.1) is 6.54 Å². The third kappa shape index (κ3) is 8.36. The second-order valence-corrected chi connectivity index (χ2v) is 12.5. The molecule has 0 heterocycles. The molecule has 1 N–H and O–H groups in total. The van der Waals surface area contributed by atoms with E-state index in [0.29, 0.717) is 6.42 Å². The Morgan fingerprint density at radius 3 is 2.26 bits per heavy atom. The number of nitrogens with one attached hydrogen (secondary N) is 1. The van der Waals surface area contributed by atoms with Crippen LogP contribution >= 0.6 is 0 Å². The molecule has 172 valence electrons. The summed E-state index contributed by atoms with van der Waals surface area (Å²) in [5.74, 6) is -1.06. The Labute approximate surface area is 186 Å². The first-order valence-electron chi connectivity index (χ1n) is 11.1. The summed E-state index contributed by atoms with van der Waals surface area (Å²) in [6, 6.07) is 11.1. The molecule has 3 atom stereocenters. The minimum Gasteiger partial charge on any atom is -0.459 e. The summed E-state index contributed by atoms with van der Waals surface area (Å²) in [5, 5.41) is 6.38. The molecule has 0 aliphatic carbocycles. The maximum absolute atomic E-state index is 13.1. The average molecular weight is 449 g/mol. The quantitative estimate of drug-likeness (QED) is 0.142. The summed E-state index contributed by atoms with van der Waals surface area (Å²) in [6.45, 7) is 10.1. The summed E-state index contributed by atoms with van der Waals surface area (Å²) in [4.78, 5) is 28.7. The van der Waals surface area contributed by atoms with E-state index in [9.17, 15) is 9.59 Å². The minimum absolute atomic E-state index is 0.108. The van der Waals surface area contributed by atoms with Gasteiger partial charge in [-0.1, -0.05) is 76.5 Å². The van der Waals surface area contributed by atoms with Gasteiger partial charge in [0.15, 0.2) is 8.32 Å². The normalized spacial score (nSPS) is 14.1. The fourth-order valence-corrected chi connectivity index (χ4v) is 6.11. The summed E-state index contributed by atoms with van der Waals surface area (Å²) in [7, 11) is -2.13. The summed E-state index contributed by atoms with van der Waals surface area (Å²) >= 11 is 0. The molecular weight excluding hydrogens is 412 g/mol. The lowest BCUT2D eigenvalue weighted by atomic mass is 9.99. The maximum atomic E-state index is 13.1. The third-order valence-electron chi connectivity index (χ3n) is 5.92. The predicted molar refractivity (Wildman–Crippen MR) is 124 cm³/mol. The third-order valence-corrected chi connectivity index (χ3v) is 10.6. The van der Waals surface area contributed by atoms with Crippen LogP contribution in [0.1, 0.15) is 46.6 Å². The zero-order chi connectivity index (χ0) is 23.3. The van der Waals surface area contributed by atoms with Gasteiger partial charge in [-0.25, -0.2) is 4.79 Å². The molecule has 0 unspecified atom stereocenters. The van der Waals surface area contributed by atoms with Crippen molar-refractivity contribution in [3.63, 3.8) is 0 Å². The molecule has 0 aliphatic rings. The van der Waals surface area contributed by atoms with E-state index in [2.05, 4.69) is 36.1 Å². The highest BCUT2D eigenvalue weighted by molar-refractivity contribution is 6.73. The van der Waals surface area contributed by atoms with E-state index in [1.165, 1.54) is 0 Å². The van der Waals surface area contributed by atoms with Gasteiger partial charge in [0.1, 0.15) is 18.8 Å².